The third-order valence-electron chi connectivity index (χ3n) is 2.34. The van der Waals surface area contributed by atoms with Gasteiger partial charge in [-0.05, 0) is 30.5 Å². The maximum Gasteiger partial charge on any atom is 0.150 e. The van der Waals surface area contributed by atoms with Gasteiger partial charge in [-0.3, -0.25) is 0 Å². The van der Waals surface area contributed by atoms with E-state index in [0.29, 0.717) is 4.47 Å². The summed E-state index contributed by atoms with van der Waals surface area (Å²) < 4.78 is 27.6. The molecule has 1 atom stereocenters. The Morgan fingerprint density at radius 1 is 1.29 bits per heavy atom. The number of hydrogen-bond acceptors (Lipinski definition) is 2. The monoisotopic (exact) mass is 317 g/mol. The molecule has 2 aromatic rings. The van der Waals surface area contributed by atoms with Gasteiger partial charge >= 0.3 is 0 Å². The maximum atomic E-state index is 13.6. The highest BCUT2D eigenvalue weighted by Gasteiger charge is 2.14. The summed E-state index contributed by atoms with van der Waals surface area (Å²) in [5.41, 5.74) is -0.0888. The molecule has 2 rings (SSSR count). The Labute approximate surface area is 111 Å². The van der Waals surface area contributed by atoms with Gasteiger partial charge in [-0.2, -0.15) is 0 Å². The molecule has 90 valence electrons. The lowest BCUT2D eigenvalue weighted by Gasteiger charge is -2.15. The molecule has 1 nitrogen and oxygen atoms in total. The average molecular weight is 318 g/mol. The molecule has 0 fully saturated rings. The molecule has 0 amide bonds. The zero-order chi connectivity index (χ0) is 12.4. The van der Waals surface area contributed by atoms with Crippen LogP contribution in [0.3, 0.4) is 0 Å². The van der Waals surface area contributed by atoms with Gasteiger partial charge in [0.1, 0.15) is 17.3 Å². The molecule has 0 radical (unpaired) electrons. The van der Waals surface area contributed by atoms with E-state index in [1.165, 1.54) is 12.1 Å². The number of halogens is 3. The van der Waals surface area contributed by atoms with E-state index in [9.17, 15) is 8.78 Å². The second-order valence-corrected chi connectivity index (χ2v) is 5.52. The predicted molar refractivity (Wildman–Crippen MR) is 70.4 cm³/mol. The van der Waals surface area contributed by atoms with Crippen LogP contribution in [-0.2, 0) is 0 Å². The molecule has 1 heterocycles. The van der Waals surface area contributed by atoms with Gasteiger partial charge in [0.25, 0.3) is 0 Å². The van der Waals surface area contributed by atoms with Crippen molar-refractivity contribution in [2.45, 2.75) is 13.0 Å². The van der Waals surface area contributed by atoms with E-state index in [2.05, 4.69) is 21.2 Å². The summed E-state index contributed by atoms with van der Waals surface area (Å²) in [5.74, 6) is -1.19. The van der Waals surface area contributed by atoms with Gasteiger partial charge in [-0.15, -0.1) is 11.3 Å². The van der Waals surface area contributed by atoms with E-state index in [1.807, 2.05) is 24.4 Å². The highest BCUT2D eigenvalue weighted by molar-refractivity contribution is 9.10. The molecule has 1 aromatic heterocycles. The summed E-state index contributed by atoms with van der Waals surface area (Å²) in [4.78, 5) is 1.03. The van der Waals surface area contributed by atoms with Crippen LogP contribution in [0.25, 0.3) is 0 Å². The molecule has 1 unspecified atom stereocenters. The molecule has 0 spiro atoms. The Hall–Kier alpha value is -0.940. The van der Waals surface area contributed by atoms with Crippen molar-refractivity contribution >= 4 is 33.0 Å². The van der Waals surface area contributed by atoms with Gasteiger partial charge in [-0.25, -0.2) is 8.78 Å². The lowest BCUT2D eigenvalue weighted by Crippen LogP contribution is -2.08. The van der Waals surface area contributed by atoms with Gasteiger partial charge in [0.05, 0.1) is 6.04 Å². The number of thiophene rings is 1. The zero-order valence-corrected chi connectivity index (χ0v) is 11.4. The number of anilines is 1. The van der Waals surface area contributed by atoms with E-state index in [-0.39, 0.29) is 11.7 Å². The largest absolute Gasteiger partial charge is 0.373 e. The molecular formula is C12H10BrF2NS. The molecule has 0 aliphatic carbocycles. The molecule has 5 heteroatoms. The van der Waals surface area contributed by atoms with Crippen LogP contribution in [0.1, 0.15) is 17.8 Å². The Kier molecular flexibility index (Phi) is 3.79. The van der Waals surface area contributed by atoms with Crippen LogP contribution in [0.15, 0.2) is 34.1 Å². The average Bonchev–Trinajstić information content (AvgIpc) is 2.76. The molecule has 17 heavy (non-hydrogen) atoms. The number of benzene rings is 1. The molecule has 0 aliphatic heterocycles. The van der Waals surface area contributed by atoms with Gasteiger partial charge in [0.2, 0.25) is 0 Å². The molecule has 1 aromatic carbocycles. The first kappa shape index (κ1) is 12.5. The van der Waals surface area contributed by atoms with Crippen molar-refractivity contribution in [3.05, 3.63) is 50.6 Å². The molecule has 0 aliphatic rings. The maximum absolute atomic E-state index is 13.6. The summed E-state index contributed by atoms with van der Waals surface area (Å²) in [7, 11) is 0. The summed E-state index contributed by atoms with van der Waals surface area (Å²) >= 11 is 4.59. The van der Waals surface area contributed by atoms with Gasteiger partial charge in [0, 0.05) is 9.35 Å². The van der Waals surface area contributed by atoms with E-state index in [1.54, 1.807) is 11.3 Å². The third kappa shape index (κ3) is 2.84. The number of nitrogens with one attached hydrogen (secondary N) is 1. The van der Waals surface area contributed by atoms with E-state index < -0.39 is 11.6 Å². The topological polar surface area (TPSA) is 12.0 Å². The van der Waals surface area contributed by atoms with Crippen LogP contribution in [0.5, 0.6) is 0 Å². The van der Waals surface area contributed by atoms with Crippen molar-refractivity contribution < 1.29 is 8.78 Å². The van der Waals surface area contributed by atoms with E-state index in [0.717, 1.165) is 4.88 Å². The first-order valence-electron chi connectivity index (χ1n) is 5.02. The van der Waals surface area contributed by atoms with Gasteiger partial charge in [-0.1, -0.05) is 22.0 Å². The summed E-state index contributed by atoms with van der Waals surface area (Å²) in [6.45, 7) is 1.87. The lowest BCUT2D eigenvalue weighted by atomic mass is 10.2. The SMILES string of the molecule is CC(Nc1c(F)cc(Br)cc1F)c1cccs1. The zero-order valence-electron chi connectivity index (χ0n) is 9.01. The quantitative estimate of drug-likeness (QED) is 0.843. The fourth-order valence-corrected chi connectivity index (χ4v) is 2.64. The Morgan fingerprint density at radius 2 is 1.94 bits per heavy atom. The molecule has 0 saturated heterocycles. The van der Waals surface area contributed by atoms with Crippen molar-refractivity contribution in [3.63, 3.8) is 0 Å². The minimum Gasteiger partial charge on any atom is -0.373 e. The molecule has 1 N–H and O–H groups in total. The Morgan fingerprint density at radius 3 is 2.47 bits per heavy atom. The Balaban J connectivity index is 2.25. The van der Waals surface area contributed by atoms with E-state index in [4.69, 9.17) is 0 Å². The predicted octanol–water partition coefficient (Wildman–Crippen LogP) is 4.96. The number of rotatable bonds is 3. The fourth-order valence-electron chi connectivity index (χ4n) is 1.51. The first-order chi connectivity index (χ1) is 8.08. The highest BCUT2D eigenvalue weighted by Crippen LogP contribution is 2.28. The summed E-state index contributed by atoms with van der Waals surface area (Å²) in [5, 5.41) is 4.78. The van der Waals surface area contributed by atoms with Crippen LogP contribution in [0, 0.1) is 11.6 Å². The third-order valence-corrected chi connectivity index (χ3v) is 3.85. The highest BCUT2D eigenvalue weighted by atomic mass is 79.9. The minimum atomic E-state index is -0.597. The normalized spacial score (nSPS) is 12.5. The van der Waals surface area contributed by atoms with E-state index >= 15 is 0 Å². The second-order valence-electron chi connectivity index (χ2n) is 3.63. The molecule has 0 saturated carbocycles. The summed E-state index contributed by atoms with van der Waals surface area (Å²) in [6.07, 6.45) is 0. The second kappa shape index (κ2) is 5.14. The van der Waals surface area contributed by atoms with Crippen LogP contribution in [0.2, 0.25) is 0 Å². The molecule has 0 bridgehead atoms. The van der Waals surface area contributed by atoms with Crippen molar-refractivity contribution in [2.75, 3.05) is 5.32 Å². The van der Waals surface area contributed by atoms with Crippen molar-refractivity contribution in [2.24, 2.45) is 0 Å². The van der Waals surface area contributed by atoms with Crippen LogP contribution in [-0.4, -0.2) is 0 Å². The van der Waals surface area contributed by atoms with Crippen molar-refractivity contribution in [1.29, 1.82) is 0 Å². The van der Waals surface area contributed by atoms with Crippen molar-refractivity contribution in [1.82, 2.24) is 0 Å². The smallest absolute Gasteiger partial charge is 0.150 e. The Bertz CT molecular complexity index is 490. The van der Waals surface area contributed by atoms with Crippen LogP contribution in [0.4, 0.5) is 14.5 Å². The number of hydrogen-bond donors (Lipinski definition) is 1. The van der Waals surface area contributed by atoms with Crippen molar-refractivity contribution in [3.8, 4) is 0 Å². The van der Waals surface area contributed by atoms with Crippen LogP contribution < -0.4 is 5.32 Å². The molecular weight excluding hydrogens is 308 g/mol. The summed E-state index contributed by atoms with van der Waals surface area (Å²) in [6, 6.07) is 6.20. The lowest BCUT2D eigenvalue weighted by molar-refractivity contribution is 0.583. The standard InChI is InChI=1S/C12H10BrF2NS/c1-7(11-3-2-4-17-11)16-12-9(14)5-8(13)6-10(12)15/h2-7,16H,1H3. The van der Waals surface area contributed by atoms with Gasteiger partial charge in [0.15, 0.2) is 0 Å². The van der Waals surface area contributed by atoms with Gasteiger partial charge < -0.3 is 5.32 Å². The van der Waals surface area contributed by atoms with Crippen LogP contribution >= 0.6 is 27.3 Å². The minimum absolute atomic E-state index is 0.0888. The fraction of sp³-hybridized carbons (Fsp3) is 0.167. The first-order valence-corrected chi connectivity index (χ1v) is 6.69.